The SMILES string of the molecule is COc1nc(N[C@@H](C)c2cc3cc(Cl)cc(F)c3[nH]c2=O)sc1C#N. The minimum Gasteiger partial charge on any atom is -0.479 e. The zero-order valence-corrected chi connectivity index (χ0v) is 14.8. The summed E-state index contributed by atoms with van der Waals surface area (Å²) in [6.45, 7) is 1.76. The molecule has 2 heterocycles. The lowest BCUT2D eigenvalue weighted by Gasteiger charge is -2.13. The summed E-state index contributed by atoms with van der Waals surface area (Å²) >= 11 is 7.00. The van der Waals surface area contributed by atoms with Crippen molar-refractivity contribution in [3.8, 4) is 11.9 Å². The molecule has 6 nitrogen and oxygen atoms in total. The van der Waals surface area contributed by atoms with E-state index in [0.717, 1.165) is 17.4 Å². The normalized spacial score (nSPS) is 12.0. The summed E-state index contributed by atoms with van der Waals surface area (Å²) in [5, 5.41) is 13.3. The third kappa shape index (κ3) is 3.29. The highest BCUT2D eigenvalue weighted by Crippen LogP contribution is 2.30. The molecule has 2 aromatic heterocycles. The zero-order valence-electron chi connectivity index (χ0n) is 13.2. The fraction of sp³-hybridized carbons (Fsp3) is 0.188. The first kappa shape index (κ1) is 17.2. The molecule has 0 radical (unpaired) electrons. The summed E-state index contributed by atoms with van der Waals surface area (Å²) in [6.07, 6.45) is 0. The number of methoxy groups -OCH3 is 1. The van der Waals surface area contributed by atoms with Gasteiger partial charge in [-0.1, -0.05) is 22.9 Å². The van der Waals surface area contributed by atoms with Crippen molar-refractivity contribution in [1.82, 2.24) is 9.97 Å². The van der Waals surface area contributed by atoms with Crippen LogP contribution in [0.4, 0.5) is 9.52 Å². The number of hydrogen-bond acceptors (Lipinski definition) is 6. The van der Waals surface area contributed by atoms with Crippen LogP contribution >= 0.6 is 22.9 Å². The molecular formula is C16H12ClFN4O2S. The molecule has 0 aliphatic rings. The van der Waals surface area contributed by atoms with Gasteiger partial charge < -0.3 is 15.0 Å². The maximum atomic E-state index is 13.9. The number of nitrogens with zero attached hydrogens (tertiary/aromatic N) is 2. The maximum Gasteiger partial charge on any atom is 0.253 e. The number of halogens is 2. The monoisotopic (exact) mass is 378 g/mol. The highest BCUT2D eigenvalue weighted by Gasteiger charge is 2.17. The lowest BCUT2D eigenvalue weighted by molar-refractivity contribution is 0.400. The molecule has 25 heavy (non-hydrogen) atoms. The second kappa shape index (κ2) is 6.70. The topological polar surface area (TPSA) is 90.8 Å². The maximum absolute atomic E-state index is 13.9. The molecule has 0 saturated heterocycles. The summed E-state index contributed by atoms with van der Waals surface area (Å²) in [7, 11) is 1.43. The molecule has 3 aromatic rings. The van der Waals surface area contributed by atoms with Crippen LogP contribution in [0.1, 0.15) is 23.4 Å². The number of aromatic amines is 1. The van der Waals surface area contributed by atoms with E-state index in [1.165, 1.54) is 7.11 Å². The molecule has 2 N–H and O–H groups in total. The average Bonchev–Trinajstić information content (AvgIpc) is 2.96. The number of H-pyrrole nitrogens is 1. The third-order valence-electron chi connectivity index (χ3n) is 3.59. The number of anilines is 1. The van der Waals surface area contributed by atoms with Gasteiger partial charge in [-0.2, -0.15) is 10.2 Å². The highest BCUT2D eigenvalue weighted by atomic mass is 35.5. The van der Waals surface area contributed by atoms with Gasteiger partial charge in [0.1, 0.15) is 11.9 Å². The van der Waals surface area contributed by atoms with E-state index in [-0.39, 0.29) is 16.4 Å². The summed E-state index contributed by atoms with van der Waals surface area (Å²) < 4.78 is 18.9. The fourth-order valence-electron chi connectivity index (χ4n) is 2.42. The van der Waals surface area contributed by atoms with Crippen LogP contribution in [0.3, 0.4) is 0 Å². The van der Waals surface area contributed by atoms with Gasteiger partial charge >= 0.3 is 0 Å². The van der Waals surface area contributed by atoms with Crippen molar-refractivity contribution < 1.29 is 9.13 Å². The second-order valence-electron chi connectivity index (χ2n) is 5.24. The molecule has 1 atom stereocenters. The van der Waals surface area contributed by atoms with Gasteiger partial charge in [-0.15, -0.1) is 0 Å². The zero-order chi connectivity index (χ0) is 18.1. The minimum atomic E-state index is -0.588. The molecular weight excluding hydrogens is 367 g/mol. The van der Waals surface area contributed by atoms with Crippen LogP contribution in [0, 0.1) is 17.1 Å². The van der Waals surface area contributed by atoms with E-state index in [0.29, 0.717) is 21.0 Å². The van der Waals surface area contributed by atoms with Gasteiger partial charge in [0.2, 0.25) is 5.88 Å². The van der Waals surface area contributed by atoms with E-state index in [2.05, 4.69) is 15.3 Å². The Morgan fingerprint density at radius 2 is 2.24 bits per heavy atom. The molecule has 0 aliphatic heterocycles. The number of aromatic nitrogens is 2. The van der Waals surface area contributed by atoms with Crippen molar-refractivity contribution >= 4 is 39.0 Å². The Labute approximate surface area is 150 Å². The third-order valence-corrected chi connectivity index (χ3v) is 4.69. The summed E-state index contributed by atoms with van der Waals surface area (Å²) in [5.41, 5.74) is 0.0765. The van der Waals surface area contributed by atoms with Crippen LogP contribution in [-0.4, -0.2) is 17.1 Å². The van der Waals surface area contributed by atoms with Gasteiger partial charge in [0.05, 0.1) is 18.7 Å². The van der Waals surface area contributed by atoms with Gasteiger partial charge in [0.25, 0.3) is 5.56 Å². The Kier molecular flexibility index (Phi) is 4.61. The number of ether oxygens (including phenoxy) is 1. The largest absolute Gasteiger partial charge is 0.479 e. The fourth-order valence-corrected chi connectivity index (χ4v) is 3.45. The minimum absolute atomic E-state index is 0.105. The molecule has 9 heteroatoms. The number of nitriles is 1. The first-order valence-corrected chi connectivity index (χ1v) is 8.35. The molecule has 0 saturated carbocycles. The van der Waals surface area contributed by atoms with Gasteiger partial charge in [0.15, 0.2) is 10.0 Å². The number of rotatable bonds is 4. The van der Waals surface area contributed by atoms with Gasteiger partial charge in [-0.3, -0.25) is 4.79 Å². The molecule has 0 amide bonds. The van der Waals surface area contributed by atoms with E-state index >= 15 is 0 Å². The van der Waals surface area contributed by atoms with Gasteiger partial charge in [-0.25, -0.2) is 4.39 Å². The van der Waals surface area contributed by atoms with Crippen molar-refractivity contribution in [2.45, 2.75) is 13.0 Å². The molecule has 0 spiro atoms. The van der Waals surface area contributed by atoms with E-state index in [1.54, 1.807) is 19.1 Å². The van der Waals surface area contributed by atoms with Gasteiger partial charge in [0, 0.05) is 16.0 Å². The first-order chi connectivity index (χ1) is 11.9. The predicted octanol–water partition coefficient (Wildman–Crippen LogP) is 3.83. The van der Waals surface area contributed by atoms with Crippen molar-refractivity contribution in [2.24, 2.45) is 0 Å². The molecule has 1 aromatic carbocycles. The summed E-state index contributed by atoms with van der Waals surface area (Å²) in [5.74, 6) is -0.362. The standard InChI is InChI=1S/C16H12ClFN4O2S/c1-7(20-16-22-15(24-2)12(6-19)25-16)10-4-8-3-9(17)5-11(18)13(8)21-14(10)23/h3-5,7H,1-2H3,(H,20,22)(H,21,23)/t7-/m0/s1. The number of hydrogen-bond donors (Lipinski definition) is 2. The summed E-state index contributed by atoms with van der Waals surface area (Å²) in [6, 6.07) is 5.86. The summed E-state index contributed by atoms with van der Waals surface area (Å²) in [4.78, 5) is 19.3. The number of thiazole rings is 1. The van der Waals surface area contributed by atoms with E-state index in [9.17, 15) is 9.18 Å². The van der Waals surface area contributed by atoms with Crippen LogP contribution < -0.4 is 15.6 Å². The molecule has 128 valence electrons. The van der Waals surface area contributed by atoms with Crippen molar-refractivity contribution in [3.63, 3.8) is 0 Å². The average molecular weight is 379 g/mol. The Balaban J connectivity index is 1.98. The number of pyridine rings is 1. The predicted molar refractivity (Wildman–Crippen MR) is 95.0 cm³/mol. The van der Waals surface area contributed by atoms with Crippen LogP contribution in [0.25, 0.3) is 10.9 Å². The van der Waals surface area contributed by atoms with Crippen LogP contribution in [0.15, 0.2) is 23.0 Å². The van der Waals surface area contributed by atoms with E-state index in [4.69, 9.17) is 21.6 Å². The second-order valence-corrected chi connectivity index (χ2v) is 6.68. The Morgan fingerprint density at radius 3 is 2.88 bits per heavy atom. The molecule has 0 fully saturated rings. The quantitative estimate of drug-likeness (QED) is 0.720. The highest BCUT2D eigenvalue weighted by molar-refractivity contribution is 7.16. The molecule has 3 rings (SSSR count). The van der Waals surface area contributed by atoms with Crippen LogP contribution in [-0.2, 0) is 0 Å². The Hall–Kier alpha value is -2.63. The number of nitrogens with one attached hydrogen (secondary N) is 2. The smallest absolute Gasteiger partial charge is 0.253 e. The van der Waals surface area contributed by atoms with Crippen LogP contribution in [0.2, 0.25) is 5.02 Å². The van der Waals surface area contributed by atoms with Gasteiger partial charge in [-0.05, 0) is 25.1 Å². The first-order valence-electron chi connectivity index (χ1n) is 7.16. The Morgan fingerprint density at radius 1 is 1.48 bits per heavy atom. The van der Waals surface area contributed by atoms with Crippen molar-refractivity contribution in [1.29, 1.82) is 5.26 Å². The molecule has 0 unspecified atom stereocenters. The number of benzene rings is 1. The van der Waals surface area contributed by atoms with Crippen LogP contribution in [0.5, 0.6) is 5.88 Å². The number of fused-ring (bicyclic) bond motifs is 1. The molecule has 0 aliphatic carbocycles. The Bertz CT molecular complexity index is 1060. The van der Waals surface area contributed by atoms with E-state index < -0.39 is 17.4 Å². The van der Waals surface area contributed by atoms with Crippen molar-refractivity contribution in [3.05, 3.63) is 49.8 Å². The lowest BCUT2D eigenvalue weighted by Crippen LogP contribution is -2.19. The van der Waals surface area contributed by atoms with E-state index in [1.807, 2.05) is 6.07 Å². The van der Waals surface area contributed by atoms with Crippen molar-refractivity contribution in [2.75, 3.05) is 12.4 Å². The molecule has 0 bridgehead atoms. The lowest BCUT2D eigenvalue weighted by atomic mass is 10.1.